The number of hydrogen-bond acceptors (Lipinski definition) is 5. The Labute approximate surface area is 161 Å². The number of rotatable bonds is 5. The van der Waals surface area contributed by atoms with Crippen molar-refractivity contribution in [1.29, 1.82) is 0 Å². The number of halogens is 1. The van der Waals surface area contributed by atoms with Crippen molar-refractivity contribution in [3.05, 3.63) is 74.4 Å². The van der Waals surface area contributed by atoms with Crippen molar-refractivity contribution in [2.75, 3.05) is 5.32 Å². The van der Waals surface area contributed by atoms with E-state index in [9.17, 15) is 9.59 Å². The fourth-order valence-electron chi connectivity index (χ4n) is 1.92. The Balaban J connectivity index is 1.56. The van der Waals surface area contributed by atoms with Crippen LogP contribution in [-0.2, 0) is 4.79 Å². The van der Waals surface area contributed by atoms with Crippen LogP contribution >= 0.6 is 33.9 Å². The number of carbonyl (C=O) groups excluding carboxylic acids is 2. The molecule has 0 saturated carbocycles. The van der Waals surface area contributed by atoms with Crippen molar-refractivity contribution in [2.45, 2.75) is 0 Å². The maximum atomic E-state index is 12.0. The van der Waals surface area contributed by atoms with Gasteiger partial charge in [-0.1, -0.05) is 6.07 Å². The third-order valence-corrected chi connectivity index (χ3v) is 4.50. The summed E-state index contributed by atoms with van der Waals surface area (Å²) in [7, 11) is 0. The average Bonchev–Trinajstić information content (AvgIpc) is 3.26. The molecular weight excluding hydrogens is 453 g/mol. The van der Waals surface area contributed by atoms with Gasteiger partial charge in [0.2, 0.25) is 0 Å². The Morgan fingerprint density at radius 3 is 2.56 bits per heavy atom. The van der Waals surface area contributed by atoms with E-state index in [1.807, 2.05) is 34.0 Å². The molecule has 0 atom stereocenters. The normalized spacial score (nSPS) is 10.8. The van der Waals surface area contributed by atoms with Crippen LogP contribution in [-0.4, -0.2) is 11.9 Å². The molecule has 0 aliphatic carbocycles. The van der Waals surface area contributed by atoms with Crippen LogP contribution in [0.4, 0.5) is 5.69 Å². The van der Waals surface area contributed by atoms with Crippen molar-refractivity contribution >= 4 is 57.6 Å². The summed E-state index contributed by atoms with van der Waals surface area (Å²) in [6.45, 7) is 0. The zero-order valence-corrected chi connectivity index (χ0v) is 15.7. The number of anilines is 1. The van der Waals surface area contributed by atoms with E-state index in [1.54, 1.807) is 48.5 Å². The molecular formula is C18H12INO4S. The van der Waals surface area contributed by atoms with Crippen LogP contribution in [0.1, 0.15) is 15.4 Å². The number of esters is 1. The molecule has 0 aliphatic rings. The quantitative estimate of drug-likeness (QED) is 0.254. The summed E-state index contributed by atoms with van der Waals surface area (Å²) in [5.41, 5.74) is 0.624. The number of carbonyl (C=O) groups is 2. The molecule has 0 bridgehead atoms. The Morgan fingerprint density at radius 2 is 1.92 bits per heavy atom. The number of hydrogen-bond donors (Lipinski definition) is 1. The zero-order chi connectivity index (χ0) is 17.6. The van der Waals surface area contributed by atoms with Gasteiger partial charge in [0.25, 0.3) is 5.91 Å². The molecule has 0 fully saturated rings. The fourth-order valence-corrected chi connectivity index (χ4v) is 2.98. The molecule has 5 nitrogen and oxygen atoms in total. The van der Waals surface area contributed by atoms with Crippen LogP contribution < -0.4 is 10.1 Å². The van der Waals surface area contributed by atoms with Gasteiger partial charge >= 0.3 is 5.97 Å². The third-order valence-electron chi connectivity index (χ3n) is 3.05. The highest BCUT2D eigenvalue weighted by Crippen LogP contribution is 2.18. The van der Waals surface area contributed by atoms with Crippen LogP contribution in [0.2, 0.25) is 0 Å². The van der Waals surface area contributed by atoms with Gasteiger partial charge in [0, 0.05) is 11.8 Å². The molecule has 0 unspecified atom stereocenters. The van der Waals surface area contributed by atoms with E-state index < -0.39 is 5.97 Å². The smallest absolute Gasteiger partial charge is 0.336 e. The van der Waals surface area contributed by atoms with Crippen LogP contribution in [0.5, 0.6) is 5.75 Å². The monoisotopic (exact) mass is 465 g/mol. The highest BCUT2D eigenvalue weighted by Gasteiger charge is 2.07. The van der Waals surface area contributed by atoms with Crippen molar-refractivity contribution in [3.8, 4) is 5.75 Å². The van der Waals surface area contributed by atoms with Crippen LogP contribution in [0.15, 0.2) is 64.4 Å². The standard InChI is InChI=1S/C18H12INO4S/c19-16-9-7-13(23-16)8-10-17(21)24-14-5-3-12(4-6-14)20-18(22)15-2-1-11-25-15/h1-11H,(H,20,22)/b10-8+. The summed E-state index contributed by atoms with van der Waals surface area (Å²) in [5, 5.41) is 4.62. The molecule has 0 aliphatic heterocycles. The van der Waals surface area contributed by atoms with E-state index >= 15 is 0 Å². The minimum absolute atomic E-state index is 0.171. The average molecular weight is 465 g/mol. The van der Waals surface area contributed by atoms with Gasteiger partial charge in [0.1, 0.15) is 11.5 Å². The molecule has 0 spiro atoms. The maximum Gasteiger partial charge on any atom is 0.336 e. The first kappa shape index (κ1) is 17.4. The van der Waals surface area contributed by atoms with Gasteiger partial charge < -0.3 is 14.5 Å². The van der Waals surface area contributed by atoms with Gasteiger partial charge in [-0.25, -0.2) is 4.79 Å². The second-order valence-corrected chi connectivity index (χ2v) is 6.86. The number of ether oxygens (including phenoxy) is 1. The van der Waals surface area contributed by atoms with Crippen molar-refractivity contribution in [3.63, 3.8) is 0 Å². The summed E-state index contributed by atoms with van der Waals surface area (Å²) >= 11 is 3.41. The van der Waals surface area contributed by atoms with Crippen molar-refractivity contribution in [1.82, 2.24) is 0 Å². The first-order chi connectivity index (χ1) is 12.1. The number of thiophene rings is 1. The van der Waals surface area contributed by atoms with E-state index in [2.05, 4.69) is 5.32 Å². The molecule has 2 aromatic heterocycles. The van der Waals surface area contributed by atoms with Crippen LogP contribution in [0, 0.1) is 3.77 Å². The second kappa shape index (κ2) is 8.13. The fraction of sp³-hybridized carbons (Fsp3) is 0. The predicted octanol–water partition coefficient (Wildman–Crippen LogP) is 4.82. The molecule has 7 heteroatoms. The van der Waals surface area contributed by atoms with E-state index in [4.69, 9.17) is 9.15 Å². The van der Waals surface area contributed by atoms with Gasteiger partial charge in [-0.15, -0.1) is 11.3 Å². The molecule has 3 rings (SSSR count). The summed E-state index contributed by atoms with van der Waals surface area (Å²) in [4.78, 5) is 24.4. The van der Waals surface area contributed by atoms with Crippen LogP contribution in [0.3, 0.4) is 0 Å². The van der Waals surface area contributed by atoms with Gasteiger partial charge in [-0.3, -0.25) is 4.79 Å². The molecule has 1 aromatic carbocycles. The first-order valence-electron chi connectivity index (χ1n) is 7.20. The molecule has 3 aromatic rings. The topological polar surface area (TPSA) is 68.5 Å². The lowest BCUT2D eigenvalue weighted by molar-refractivity contribution is -0.128. The van der Waals surface area contributed by atoms with Crippen molar-refractivity contribution < 1.29 is 18.7 Å². The number of nitrogens with one attached hydrogen (secondary N) is 1. The summed E-state index contributed by atoms with van der Waals surface area (Å²) in [6.07, 6.45) is 2.83. The van der Waals surface area contributed by atoms with Gasteiger partial charge in [-0.2, -0.15) is 0 Å². The second-order valence-electron chi connectivity index (χ2n) is 4.85. The van der Waals surface area contributed by atoms with E-state index in [0.29, 0.717) is 22.1 Å². The Kier molecular flexibility index (Phi) is 5.67. The molecule has 0 radical (unpaired) electrons. The Bertz CT molecular complexity index is 898. The number of benzene rings is 1. The molecule has 2 heterocycles. The summed E-state index contributed by atoms with van der Waals surface area (Å²) < 4.78 is 11.3. The molecule has 1 N–H and O–H groups in total. The van der Waals surface area contributed by atoms with E-state index in [1.165, 1.54) is 17.4 Å². The van der Waals surface area contributed by atoms with E-state index in [0.717, 1.165) is 3.77 Å². The number of amides is 1. The molecule has 126 valence electrons. The highest BCUT2D eigenvalue weighted by molar-refractivity contribution is 14.1. The number of furan rings is 1. The maximum absolute atomic E-state index is 12.0. The molecule has 1 amide bonds. The van der Waals surface area contributed by atoms with E-state index in [-0.39, 0.29) is 5.91 Å². The lowest BCUT2D eigenvalue weighted by atomic mass is 10.3. The molecule has 0 saturated heterocycles. The largest absolute Gasteiger partial charge is 0.451 e. The first-order valence-corrected chi connectivity index (χ1v) is 9.16. The predicted molar refractivity (Wildman–Crippen MR) is 105 cm³/mol. The minimum Gasteiger partial charge on any atom is -0.451 e. The summed E-state index contributed by atoms with van der Waals surface area (Å²) in [6, 6.07) is 13.7. The molecule has 25 heavy (non-hydrogen) atoms. The summed E-state index contributed by atoms with van der Waals surface area (Å²) in [5.74, 6) is 0.281. The lowest BCUT2D eigenvalue weighted by Crippen LogP contribution is -2.10. The third kappa shape index (κ3) is 5.04. The van der Waals surface area contributed by atoms with Gasteiger partial charge in [-0.05, 0) is 76.5 Å². The van der Waals surface area contributed by atoms with Crippen molar-refractivity contribution in [2.24, 2.45) is 0 Å². The Hall–Kier alpha value is -2.39. The zero-order valence-electron chi connectivity index (χ0n) is 12.8. The van der Waals surface area contributed by atoms with Crippen LogP contribution in [0.25, 0.3) is 6.08 Å². The highest BCUT2D eigenvalue weighted by atomic mass is 127. The Morgan fingerprint density at radius 1 is 1.12 bits per heavy atom. The minimum atomic E-state index is -0.512. The SMILES string of the molecule is O=C(/C=C/c1ccc(I)o1)Oc1ccc(NC(=O)c2cccs2)cc1. The van der Waals surface area contributed by atoms with Gasteiger partial charge in [0.05, 0.1) is 4.88 Å². The van der Waals surface area contributed by atoms with Gasteiger partial charge in [0.15, 0.2) is 3.77 Å². The lowest BCUT2D eigenvalue weighted by Gasteiger charge is -2.05.